The molecule has 0 aromatic rings. The van der Waals surface area contributed by atoms with Crippen LogP contribution in [0.1, 0.15) is 27.2 Å². The van der Waals surface area contributed by atoms with Crippen molar-refractivity contribution >= 4 is 0 Å². The number of rotatable bonds is 4. The SMILES string of the molecule is C#CCCNC(C)(C)C(C)O. The van der Waals surface area contributed by atoms with Crippen LogP contribution in [0.25, 0.3) is 0 Å². The first kappa shape index (κ1) is 10.5. The first-order valence-corrected chi connectivity index (χ1v) is 3.87. The summed E-state index contributed by atoms with van der Waals surface area (Å²) in [5, 5.41) is 12.4. The van der Waals surface area contributed by atoms with E-state index in [0.717, 1.165) is 6.54 Å². The van der Waals surface area contributed by atoms with E-state index in [1.165, 1.54) is 0 Å². The van der Waals surface area contributed by atoms with Crippen molar-refractivity contribution in [2.45, 2.75) is 38.8 Å². The van der Waals surface area contributed by atoms with Crippen LogP contribution in [0.15, 0.2) is 0 Å². The Hall–Kier alpha value is -0.520. The van der Waals surface area contributed by atoms with Crippen LogP contribution in [-0.4, -0.2) is 23.3 Å². The van der Waals surface area contributed by atoms with Crippen molar-refractivity contribution < 1.29 is 5.11 Å². The predicted molar refractivity (Wildman–Crippen MR) is 47.2 cm³/mol. The molecule has 2 heteroatoms. The van der Waals surface area contributed by atoms with Crippen molar-refractivity contribution in [2.75, 3.05) is 6.54 Å². The largest absolute Gasteiger partial charge is 0.392 e. The minimum absolute atomic E-state index is 0.239. The van der Waals surface area contributed by atoms with Crippen molar-refractivity contribution in [1.29, 1.82) is 0 Å². The molecule has 0 rings (SSSR count). The summed E-state index contributed by atoms with van der Waals surface area (Å²) < 4.78 is 0. The number of hydrogen-bond acceptors (Lipinski definition) is 2. The Morgan fingerprint density at radius 2 is 2.18 bits per heavy atom. The summed E-state index contributed by atoms with van der Waals surface area (Å²) in [4.78, 5) is 0. The predicted octanol–water partition coefficient (Wildman–Crippen LogP) is 0.759. The molecule has 0 fully saturated rings. The Bertz CT molecular complexity index is 144. The standard InChI is InChI=1S/C9H17NO/c1-5-6-7-10-9(3,4)8(2)11/h1,8,10-11H,6-7H2,2-4H3. The summed E-state index contributed by atoms with van der Waals surface area (Å²) >= 11 is 0. The molecular weight excluding hydrogens is 138 g/mol. The van der Waals surface area contributed by atoms with Crippen LogP contribution >= 0.6 is 0 Å². The van der Waals surface area contributed by atoms with Gasteiger partial charge in [-0.2, -0.15) is 0 Å². The van der Waals surface area contributed by atoms with E-state index in [9.17, 15) is 5.11 Å². The van der Waals surface area contributed by atoms with Gasteiger partial charge in [0.2, 0.25) is 0 Å². The fourth-order valence-corrected chi connectivity index (χ4v) is 0.605. The molecule has 0 spiro atoms. The van der Waals surface area contributed by atoms with Crippen LogP contribution in [0, 0.1) is 12.3 Å². The number of hydrogen-bond donors (Lipinski definition) is 2. The van der Waals surface area contributed by atoms with E-state index in [0.29, 0.717) is 6.42 Å². The quantitative estimate of drug-likeness (QED) is 0.464. The average Bonchev–Trinajstić information content (AvgIpc) is 1.88. The molecule has 0 aliphatic heterocycles. The number of aliphatic hydroxyl groups is 1. The van der Waals surface area contributed by atoms with Crippen LogP contribution < -0.4 is 5.32 Å². The molecule has 0 saturated carbocycles. The summed E-state index contributed by atoms with van der Waals surface area (Å²) in [6, 6.07) is 0. The van der Waals surface area contributed by atoms with Gasteiger partial charge in [0, 0.05) is 18.5 Å². The second-order valence-electron chi connectivity index (χ2n) is 3.28. The molecule has 64 valence electrons. The van der Waals surface area contributed by atoms with Crippen molar-refractivity contribution in [3.8, 4) is 12.3 Å². The average molecular weight is 155 g/mol. The lowest BCUT2D eigenvalue weighted by Gasteiger charge is -2.29. The van der Waals surface area contributed by atoms with E-state index >= 15 is 0 Å². The van der Waals surface area contributed by atoms with E-state index in [1.807, 2.05) is 13.8 Å². The second kappa shape index (κ2) is 4.38. The first-order chi connectivity index (χ1) is 5.00. The van der Waals surface area contributed by atoms with Gasteiger partial charge in [0.1, 0.15) is 0 Å². The van der Waals surface area contributed by atoms with Gasteiger partial charge in [-0.05, 0) is 20.8 Å². The van der Waals surface area contributed by atoms with E-state index in [2.05, 4.69) is 11.2 Å². The zero-order valence-corrected chi connectivity index (χ0v) is 7.52. The molecule has 1 unspecified atom stereocenters. The fourth-order valence-electron chi connectivity index (χ4n) is 0.605. The summed E-state index contributed by atoms with van der Waals surface area (Å²) in [5.74, 6) is 2.54. The molecule has 2 N–H and O–H groups in total. The van der Waals surface area contributed by atoms with Gasteiger partial charge in [0.25, 0.3) is 0 Å². The van der Waals surface area contributed by atoms with Crippen LogP contribution in [0.3, 0.4) is 0 Å². The summed E-state index contributed by atoms with van der Waals surface area (Å²) in [5.41, 5.74) is -0.239. The molecule has 0 aliphatic rings. The highest BCUT2D eigenvalue weighted by atomic mass is 16.3. The maximum atomic E-state index is 9.27. The van der Waals surface area contributed by atoms with E-state index in [-0.39, 0.29) is 11.6 Å². The monoisotopic (exact) mass is 155 g/mol. The molecule has 2 nitrogen and oxygen atoms in total. The van der Waals surface area contributed by atoms with Crippen molar-refractivity contribution in [3.63, 3.8) is 0 Å². The van der Waals surface area contributed by atoms with Crippen LogP contribution in [-0.2, 0) is 0 Å². The lowest BCUT2D eigenvalue weighted by atomic mass is 9.99. The van der Waals surface area contributed by atoms with Crippen LogP contribution in [0.4, 0.5) is 0 Å². The third-order valence-corrected chi connectivity index (χ3v) is 1.89. The number of nitrogens with one attached hydrogen (secondary N) is 1. The third-order valence-electron chi connectivity index (χ3n) is 1.89. The molecular formula is C9H17NO. The van der Waals surface area contributed by atoms with Crippen LogP contribution in [0.5, 0.6) is 0 Å². The zero-order valence-electron chi connectivity index (χ0n) is 7.52. The molecule has 0 heterocycles. The zero-order chi connectivity index (χ0) is 8.91. The van der Waals surface area contributed by atoms with E-state index < -0.39 is 0 Å². The fraction of sp³-hybridized carbons (Fsp3) is 0.778. The molecule has 0 amide bonds. The van der Waals surface area contributed by atoms with Gasteiger partial charge in [-0.25, -0.2) is 0 Å². The molecule has 11 heavy (non-hydrogen) atoms. The smallest absolute Gasteiger partial charge is 0.0688 e. The second-order valence-corrected chi connectivity index (χ2v) is 3.28. The number of terminal acetylenes is 1. The lowest BCUT2D eigenvalue weighted by molar-refractivity contribution is 0.0975. The molecule has 0 radical (unpaired) electrons. The third kappa shape index (κ3) is 4.02. The highest BCUT2D eigenvalue weighted by Gasteiger charge is 2.22. The minimum Gasteiger partial charge on any atom is -0.392 e. The Morgan fingerprint density at radius 3 is 2.55 bits per heavy atom. The van der Waals surface area contributed by atoms with E-state index in [4.69, 9.17) is 6.42 Å². The van der Waals surface area contributed by atoms with Gasteiger partial charge in [0.05, 0.1) is 6.10 Å². The number of aliphatic hydroxyl groups excluding tert-OH is 1. The van der Waals surface area contributed by atoms with Crippen molar-refractivity contribution in [3.05, 3.63) is 0 Å². The van der Waals surface area contributed by atoms with Crippen LogP contribution in [0.2, 0.25) is 0 Å². The van der Waals surface area contributed by atoms with Gasteiger partial charge < -0.3 is 10.4 Å². The maximum Gasteiger partial charge on any atom is 0.0688 e. The van der Waals surface area contributed by atoms with Gasteiger partial charge in [0.15, 0.2) is 0 Å². The molecule has 0 bridgehead atoms. The van der Waals surface area contributed by atoms with Gasteiger partial charge in [-0.1, -0.05) is 0 Å². The maximum absolute atomic E-state index is 9.27. The van der Waals surface area contributed by atoms with Gasteiger partial charge in [-0.3, -0.25) is 0 Å². The molecule has 1 atom stereocenters. The molecule has 0 aliphatic carbocycles. The van der Waals surface area contributed by atoms with E-state index in [1.54, 1.807) is 6.92 Å². The minimum atomic E-state index is -0.361. The normalized spacial score (nSPS) is 14.1. The topological polar surface area (TPSA) is 32.3 Å². The molecule has 0 aromatic heterocycles. The van der Waals surface area contributed by atoms with Gasteiger partial charge in [-0.15, -0.1) is 12.3 Å². The highest BCUT2D eigenvalue weighted by molar-refractivity contribution is 4.88. The van der Waals surface area contributed by atoms with Crippen molar-refractivity contribution in [2.24, 2.45) is 0 Å². The highest BCUT2D eigenvalue weighted by Crippen LogP contribution is 2.07. The Morgan fingerprint density at radius 1 is 1.64 bits per heavy atom. The first-order valence-electron chi connectivity index (χ1n) is 3.87. The summed E-state index contributed by atoms with van der Waals surface area (Å²) in [6.07, 6.45) is 5.43. The van der Waals surface area contributed by atoms with Crippen molar-refractivity contribution in [1.82, 2.24) is 5.32 Å². The Labute approximate surface area is 69.0 Å². The molecule has 0 aromatic carbocycles. The molecule has 0 saturated heterocycles. The van der Waals surface area contributed by atoms with Gasteiger partial charge >= 0.3 is 0 Å². The Balaban J connectivity index is 3.66. The lowest BCUT2D eigenvalue weighted by Crippen LogP contribution is -2.48. The summed E-state index contributed by atoms with van der Waals surface area (Å²) in [7, 11) is 0. The Kier molecular flexibility index (Phi) is 4.17. The summed E-state index contributed by atoms with van der Waals surface area (Å²) in [6.45, 7) is 6.43.